The van der Waals surface area contributed by atoms with Crippen molar-refractivity contribution in [2.75, 3.05) is 26.7 Å². The molecule has 5 nitrogen and oxygen atoms in total. The Hall–Kier alpha value is -0.200. The van der Waals surface area contributed by atoms with Crippen molar-refractivity contribution in [3.8, 4) is 0 Å². The van der Waals surface area contributed by atoms with Crippen molar-refractivity contribution >= 4 is 0 Å². The van der Waals surface area contributed by atoms with Crippen molar-refractivity contribution in [2.45, 2.75) is 30.9 Å². The van der Waals surface area contributed by atoms with Gasteiger partial charge in [0.05, 0.1) is 13.6 Å². The molecule has 0 radical (unpaired) electrons. The number of rotatable bonds is 0. The van der Waals surface area contributed by atoms with Crippen LogP contribution in [-0.4, -0.2) is 71.0 Å². The van der Waals surface area contributed by atoms with Gasteiger partial charge < -0.3 is 19.8 Å². The fraction of sp³-hybridized carbons (Fsp3) is 1.00. The maximum absolute atomic E-state index is 9.82. The number of aliphatic hydroxyl groups excluding tert-OH is 3. The second kappa shape index (κ2) is 3.43. The van der Waals surface area contributed by atoms with E-state index in [1.54, 1.807) is 0 Å². The first-order valence-corrected chi connectivity index (χ1v) is 5.16. The van der Waals surface area contributed by atoms with Crippen LogP contribution in [0.2, 0.25) is 0 Å². The molecule has 0 aliphatic carbocycles. The molecule has 0 bridgehead atoms. The fourth-order valence-electron chi connectivity index (χ4n) is 2.69. The summed E-state index contributed by atoms with van der Waals surface area (Å²) in [6.07, 6.45) is -1.79. The third kappa shape index (κ3) is 1.45. The summed E-state index contributed by atoms with van der Waals surface area (Å²) in [5.41, 5.74) is 0. The first-order valence-electron chi connectivity index (χ1n) is 5.16. The molecule has 2 saturated heterocycles. The van der Waals surface area contributed by atoms with E-state index in [9.17, 15) is 15.3 Å². The third-order valence-corrected chi connectivity index (χ3v) is 3.54. The molecule has 0 unspecified atom stereocenters. The molecule has 0 saturated carbocycles. The largest absolute Gasteiger partial charge is 0.387 e. The predicted octanol–water partition coefficient (Wildman–Crippen LogP) is -2.15. The van der Waals surface area contributed by atoms with Crippen LogP contribution in [0, 0.1) is 0 Å². The minimum absolute atomic E-state index is 0.137. The maximum Gasteiger partial charge on any atom is 0.172 e. The number of fused-ring (bicyclic) bond motifs is 1. The number of nitrogens with one attached hydrogen (secondary N) is 1. The van der Waals surface area contributed by atoms with Crippen LogP contribution in [0.3, 0.4) is 0 Å². The molecule has 0 aromatic heterocycles. The lowest BCUT2D eigenvalue weighted by Gasteiger charge is -2.52. The van der Waals surface area contributed by atoms with Gasteiger partial charge in [0.2, 0.25) is 0 Å². The molecule has 0 aromatic carbocycles. The van der Waals surface area contributed by atoms with Crippen molar-refractivity contribution < 1.29 is 19.8 Å². The monoisotopic (exact) mass is 203 g/mol. The summed E-state index contributed by atoms with van der Waals surface area (Å²) in [5, 5.41) is 32.2. The Balaban J connectivity index is 2.20. The molecule has 4 N–H and O–H groups in total. The number of aliphatic hydroxyl groups is 3. The average Bonchev–Trinajstić information content (AvgIpc) is 2.14. The van der Waals surface area contributed by atoms with Crippen LogP contribution in [0.25, 0.3) is 0 Å². The SMILES string of the molecule is C[N@@+]12CCCN[C@H]1[C@H](O)[C@@H](O)[C@H](O)C2. The molecule has 5 heteroatoms. The number of hydrogen-bond donors (Lipinski definition) is 4. The van der Waals surface area contributed by atoms with E-state index in [2.05, 4.69) is 5.32 Å². The van der Waals surface area contributed by atoms with E-state index >= 15 is 0 Å². The number of piperidine rings is 1. The van der Waals surface area contributed by atoms with Gasteiger partial charge in [0.25, 0.3) is 0 Å². The Morgan fingerprint density at radius 1 is 1.21 bits per heavy atom. The Morgan fingerprint density at radius 3 is 2.64 bits per heavy atom. The highest BCUT2D eigenvalue weighted by Gasteiger charge is 2.51. The second-order valence-corrected chi connectivity index (χ2v) is 4.69. The van der Waals surface area contributed by atoms with Gasteiger partial charge in [0.1, 0.15) is 24.9 Å². The van der Waals surface area contributed by atoms with Gasteiger partial charge in [-0.2, -0.15) is 0 Å². The van der Waals surface area contributed by atoms with Crippen molar-refractivity contribution in [1.82, 2.24) is 5.32 Å². The highest BCUT2D eigenvalue weighted by atomic mass is 16.4. The van der Waals surface area contributed by atoms with E-state index in [0.29, 0.717) is 11.0 Å². The summed E-state index contributed by atoms with van der Waals surface area (Å²) in [6.45, 7) is 2.33. The standard InChI is InChI=1S/C9H19N2O3/c1-11-4-2-3-10-9(11)8(14)7(13)6(12)5-11/h6-10,12-14H,2-5H2,1H3/q+1/t6-,7+,8-,9-,11+/m1/s1. The molecule has 5 atom stereocenters. The zero-order valence-corrected chi connectivity index (χ0v) is 8.43. The van der Waals surface area contributed by atoms with Gasteiger partial charge in [0.15, 0.2) is 6.17 Å². The first-order chi connectivity index (χ1) is 6.54. The van der Waals surface area contributed by atoms with Crippen LogP contribution in [-0.2, 0) is 0 Å². The van der Waals surface area contributed by atoms with Gasteiger partial charge >= 0.3 is 0 Å². The first kappa shape index (κ1) is 10.3. The Bertz CT molecular complexity index is 226. The number of nitrogens with zero attached hydrogens (tertiary/aromatic N) is 1. The molecule has 0 amide bonds. The summed E-state index contributed by atoms with van der Waals surface area (Å²) in [6, 6.07) is 0. The smallest absolute Gasteiger partial charge is 0.172 e. The Labute approximate surface area is 83.5 Å². The van der Waals surface area contributed by atoms with Gasteiger partial charge in [-0.1, -0.05) is 0 Å². The summed E-state index contributed by atoms with van der Waals surface area (Å²) >= 11 is 0. The van der Waals surface area contributed by atoms with Crippen LogP contribution in [0.15, 0.2) is 0 Å². The van der Waals surface area contributed by atoms with E-state index in [0.717, 1.165) is 19.5 Å². The molecule has 2 rings (SSSR count). The van der Waals surface area contributed by atoms with Gasteiger partial charge in [-0.05, 0) is 0 Å². The fourth-order valence-corrected chi connectivity index (χ4v) is 2.69. The van der Waals surface area contributed by atoms with Crippen molar-refractivity contribution in [2.24, 2.45) is 0 Å². The lowest BCUT2D eigenvalue weighted by molar-refractivity contribution is -0.953. The minimum Gasteiger partial charge on any atom is -0.387 e. The number of quaternary nitrogens is 1. The Kier molecular flexibility index (Phi) is 2.53. The molecule has 2 aliphatic heterocycles. The predicted molar refractivity (Wildman–Crippen MR) is 50.3 cm³/mol. The summed E-state index contributed by atoms with van der Waals surface area (Å²) < 4.78 is 0.611. The number of likely N-dealkylation sites (N-methyl/N-ethyl adjacent to an activating group) is 1. The third-order valence-electron chi connectivity index (χ3n) is 3.54. The second-order valence-electron chi connectivity index (χ2n) is 4.69. The van der Waals surface area contributed by atoms with E-state index in [1.165, 1.54) is 0 Å². The summed E-state index contributed by atoms with van der Waals surface area (Å²) in [7, 11) is 2.01. The maximum atomic E-state index is 9.82. The Morgan fingerprint density at radius 2 is 1.93 bits per heavy atom. The van der Waals surface area contributed by atoms with Crippen LogP contribution in [0.4, 0.5) is 0 Å². The van der Waals surface area contributed by atoms with Crippen molar-refractivity contribution in [3.05, 3.63) is 0 Å². The molecule has 0 spiro atoms. The van der Waals surface area contributed by atoms with Crippen molar-refractivity contribution in [3.63, 3.8) is 0 Å². The molecule has 0 aromatic rings. The van der Waals surface area contributed by atoms with Gasteiger partial charge in [0, 0.05) is 13.0 Å². The van der Waals surface area contributed by atoms with E-state index < -0.39 is 18.3 Å². The van der Waals surface area contributed by atoms with Crippen LogP contribution < -0.4 is 5.32 Å². The zero-order valence-electron chi connectivity index (χ0n) is 8.43. The van der Waals surface area contributed by atoms with Crippen LogP contribution in [0.5, 0.6) is 0 Å². The number of hydrogen-bond acceptors (Lipinski definition) is 4. The van der Waals surface area contributed by atoms with E-state index in [1.807, 2.05) is 7.05 Å². The minimum atomic E-state index is -1.02. The molecule has 82 valence electrons. The van der Waals surface area contributed by atoms with E-state index in [-0.39, 0.29) is 6.17 Å². The molecule has 2 fully saturated rings. The molecular weight excluding hydrogens is 184 g/mol. The molecular formula is C9H19N2O3+. The van der Waals surface area contributed by atoms with Crippen LogP contribution in [0.1, 0.15) is 6.42 Å². The topological polar surface area (TPSA) is 72.7 Å². The lowest BCUT2D eigenvalue weighted by atomic mass is 9.94. The van der Waals surface area contributed by atoms with Crippen molar-refractivity contribution in [1.29, 1.82) is 0 Å². The average molecular weight is 203 g/mol. The van der Waals surface area contributed by atoms with Crippen LogP contribution >= 0.6 is 0 Å². The summed E-state index contributed by atoms with van der Waals surface area (Å²) in [4.78, 5) is 0. The molecule has 14 heavy (non-hydrogen) atoms. The highest BCUT2D eigenvalue weighted by Crippen LogP contribution is 2.26. The van der Waals surface area contributed by atoms with Gasteiger partial charge in [-0.15, -0.1) is 0 Å². The quantitative estimate of drug-likeness (QED) is 0.339. The zero-order chi connectivity index (χ0) is 10.3. The molecule has 2 aliphatic rings. The van der Waals surface area contributed by atoms with Gasteiger partial charge in [-0.3, -0.25) is 5.32 Å². The normalized spacial score (nSPS) is 54.0. The van der Waals surface area contributed by atoms with Gasteiger partial charge in [-0.25, -0.2) is 0 Å². The summed E-state index contributed by atoms with van der Waals surface area (Å²) in [5.74, 6) is 0. The lowest BCUT2D eigenvalue weighted by Crippen LogP contribution is -2.75. The molecule has 2 heterocycles. The van der Waals surface area contributed by atoms with E-state index in [4.69, 9.17) is 0 Å². The highest BCUT2D eigenvalue weighted by molar-refractivity contribution is 4.87.